The molecule has 0 aliphatic carbocycles. The summed E-state index contributed by atoms with van der Waals surface area (Å²) in [6.45, 7) is 5.95. The summed E-state index contributed by atoms with van der Waals surface area (Å²) in [5.41, 5.74) is 1.22. The van der Waals surface area contributed by atoms with Crippen LogP contribution in [0.3, 0.4) is 0 Å². The summed E-state index contributed by atoms with van der Waals surface area (Å²) in [4.78, 5) is 13.0. The topological polar surface area (TPSA) is 60.9 Å². The number of piperazine rings is 1. The molecule has 0 amide bonds. The molecule has 0 spiro atoms. The highest BCUT2D eigenvalue weighted by atomic mass is 35.5. The Balaban J connectivity index is 1.64. The number of aromatic amines is 1. The van der Waals surface area contributed by atoms with Crippen molar-refractivity contribution in [1.29, 1.82) is 0 Å². The first-order valence-electron chi connectivity index (χ1n) is 6.70. The molecule has 1 aliphatic rings. The van der Waals surface area contributed by atoms with Crippen LogP contribution in [0.15, 0.2) is 24.8 Å². The number of nitrogens with one attached hydrogen (secondary N) is 1. The van der Waals surface area contributed by atoms with Crippen molar-refractivity contribution in [2.75, 3.05) is 31.1 Å². The lowest BCUT2D eigenvalue weighted by atomic mass is 10.1. The molecule has 1 fully saturated rings. The molecule has 0 bridgehead atoms. The molecule has 1 N–H and O–H groups in total. The minimum Gasteiger partial charge on any atom is -0.351 e. The average Bonchev–Trinajstić information content (AvgIpc) is 3.01. The van der Waals surface area contributed by atoms with Crippen LogP contribution >= 0.6 is 11.6 Å². The highest BCUT2D eigenvalue weighted by molar-refractivity contribution is 6.31. The van der Waals surface area contributed by atoms with Crippen LogP contribution in [-0.4, -0.2) is 51.2 Å². The second-order valence-electron chi connectivity index (χ2n) is 4.90. The number of aromatic nitrogens is 4. The van der Waals surface area contributed by atoms with Crippen molar-refractivity contribution in [3.63, 3.8) is 0 Å². The summed E-state index contributed by atoms with van der Waals surface area (Å²) >= 11 is 6.10. The Morgan fingerprint density at radius 2 is 1.95 bits per heavy atom. The Morgan fingerprint density at radius 1 is 1.20 bits per heavy atom. The van der Waals surface area contributed by atoms with E-state index < -0.39 is 0 Å². The molecule has 1 saturated heterocycles. The van der Waals surface area contributed by atoms with E-state index in [0.29, 0.717) is 11.2 Å². The van der Waals surface area contributed by atoms with Crippen LogP contribution in [-0.2, 0) is 0 Å². The second kappa shape index (κ2) is 5.76. The van der Waals surface area contributed by atoms with Gasteiger partial charge >= 0.3 is 0 Å². The van der Waals surface area contributed by atoms with Gasteiger partial charge in [-0.1, -0.05) is 11.6 Å². The van der Waals surface area contributed by atoms with E-state index in [1.54, 1.807) is 12.4 Å². The first kappa shape index (κ1) is 13.3. The van der Waals surface area contributed by atoms with Crippen molar-refractivity contribution in [3.8, 4) is 0 Å². The number of hydrogen-bond donors (Lipinski definition) is 1. The van der Waals surface area contributed by atoms with Gasteiger partial charge in [0.25, 0.3) is 0 Å². The number of rotatable bonds is 3. The van der Waals surface area contributed by atoms with E-state index in [-0.39, 0.29) is 0 Å². The van der Waals surface area contributed by atoms with Gasteiger partial charge in [0.1, 0.15) is 0 Å². The zero-order chi connectivity index (χ0) is 13.9. The fourth-order valence-corrected chi connectivity index (χ4v) is 2.77. The average molecular weight is 293 g/mol. The van der Waals surface area contributed by atoms with Crippen molar-refractivity contribution in [2.24, 2.45) is 0 Å². The van der Waals surface area contributed by atoms with Crippen molar-refractivity contribution in [3.05, 3.63) is 35.5 Å². The molecule has 7 heteroatoms. The molecular formula is C13H17ClN6. The number of halogens is 1. The SMILES string of the molecule is CC(c1cn[nH]c1)N1CCN(c2nccnc2Cl)CC1. The summed E-state index contributed by atoms with van der Waals surface area (Å²) in [6.07, 6.45) is 7.14. The molecule has 3 heterocycles. The molecule has 2 aromatic heterocycles. The van der Waals surface area contributed by atoms with E-state index in [0.717, 1.165) is 32.0 Å². The Labute approximate surface area is 122 Å². The van der Waals surface area contributed by atoms with Crippen molar-refractivity contribution >= 4 is 17.4 Å². The third kappa shape index (κ3) is 2.62. The number of anilines is 1. The Hall–Kier alpha value is -1.66. The van der Waals surface area contributed by atoms with Gasteiger partial charge in [-0.3, -0.25) is 10.00 Å². The highest BCUT2D eigenvalue weighted by Crippen LogP contribution is 2.24. The summed E-state index contributed by atoms with van der Waals surface area (Å²) in [5, 5.41) is 7.36. The minimum absolute atomic E-state index is 0.369. The van der Waals surface area contributed by atoms with Crippen molar-refractivity contribution < 1.29 is 0 Å². The summed E-state index contributed by atoms with van der Waals surface area (Å²) in [5.74, 6) is 0.782. The Kier molecular flexibility index (Phi) is 3.84. The fourth-order valence-electron chi connectivity index (χ4n) is 2.55. The van der Waals surface area contributed by atoms with Gasteiger partial charge in [0.15, 0.2) is 11.0 Å². The largest absolute Gasteiger partial charge is 0.351 e. The molecule has 0 saturated carbocycles. The standard InChI is InChI=1S/C13H17ClN6/c1-10(11-8-17-18-9-11)19-4-6-20(7-5-19)13-12(14)15-2-3-16-13/h2-3,8-10H,4-7H2,1H3,(H,17,18). The van der Waals surface area contributed by atoms with E-state index >= 15 is 0 Å². The van der Waals surface area contributed by atoms with Gasteiger partial charge in [0, 0.05) is 56.4 Å². The van der Waals surface area contributed by atoms with E-state index in [1.807, 2.05) is 12.4 Å². The molecule has 6 nitrogen and oxygen atoms in total. The normalized spacial score (nSPS) is 18.2. The predicted molar refractivity (Wildman–Crippen MR) is 77.8 cm³/mol. The molecule has 0 radical (unpaired) electrons. The molecule has 0 aromatic carbocycles. The number of hydrogen-bond acceptors (Lipinski definition) is 5. The Bertz CT molecular complexity index is 550. The van der Waals surface area contributed by atoms with Crippen LogP contribution < -0.4 is 4.90 Å². The van der Waals surface area contributed by atoms with Crippen LogP contribution in [0.1, 0.15) is 18.5 Å². The van der Waals surface area contributed by atoms with Gasteiger partial charge in [-0.05, 0) is 6.92 Å². The summed E-state index contributed by atoms with van der Waals surface area (Å²) < 4.78 is 0. The molecule has 3 rings (SSSR count). The van der Waals surface area contributed by atoms with Crippen LogP contribution in [0.2, 0.25) is 5.15 Å². The van der Waals surface area contributed by atoms with Crippen molar-refractivity contribution in [2.45, 2.75) is 13.0 Å². The van der Waals surface area contributed by atoms with Crippen LogP contribution in [0.25, 0.3) is 0 Å². The maximum absolute atomic E-state index is 6.10. The highest BCUT2D eigenvalue weighted by Gasteiger charge is 2.24. The number of nitrogens with zero attached hydrogens (tertiary/aromatic N) is 5. The van der Waals surface area contributed by atoms with Gasteiger partial charge in [-0.15, -0.1) is 0 Å². The molecule has 1 aliphatic heterocycles. The summed E-state index contributed by atoms with van der Waals surface area (Å²) in [7, 11) is 0. The van der Waals surface area contributed by atoms with E-state index in [4.69, 9.17) is 11.6 Å². The van der Waals surface area contributed by atoms with Crippen LogP contribution in [0.5, 0.6) is 0 Å². The molecule has 1 unspecified atom stereocenters. The van der Waals surface area contributed by atoms with E-state index in [2.05, 4.69) is 36.9 Å². The van der Waals surface area contributed by atoms with Gasteiger partial charge < -0.3 is 4.90 Å². The smallest absolute Gasteiger partial charge is 0.171 e. The third-order valence-corrected chi connectivity index (χ3v) is 4.07. The predicted octanol–water partition coefficient (Wildman–Crippen LogP) is 1.74. The summed E-state index contributed by atoms with van der Waals surface area (Å²) in [6, 6.07) is 0.369. The zero-order valence-electron chi connectivity index (χ0n) is 11.3. The van der Waals surface area contributed by atoms with Gasteiger partial charge in [-0.25, -0.2) is 9.97 Å². The van der Waals surface area contributed by atoms with E-state index in [1.165, 1.54) is 5.56 Å². The molecular weight excluding hydrogens is 276 g/mol. The lowest BCUT2D eigenvalue weighted by Gasteiger charge is -2.38. The Morgan fingerprint density at radius 3 is 2.60 bits per heavy atom. The second-order valence-corrected chi connectivity index (χ2v) is 5.26. The lowest BCUT2D eigenvalue weighted by molar-refractivity contribution is 0.198. The molecule has 20 heavy (non-hydrogen) atoms. The monoisotopic (exact) mass is 292 g/mol. The first-order chi connectivity index (χ1) is 9.75. The van der Waals surface area contributed by atoms with E-state index in [9.17, 15) is 0 Å². The van der Waals surface area contributed by atoms with Crippen LogP contribution in [0.4, 0.5) is 5.82 Å². The molecule has 1 atom stereocenters. The third-order valence-electron chi connectivity index (χ3n) is 3.80. The maximum Gasteiger partial charge on any atom is 0.171 e. The first-order valence-corrected chi connectivity index (χ1v) is 7.07. The van der Waals surface area contributed by atoms with Gasteiger partial charge in [0.05, 0.1) is 6.20 Å². The maximum atomic E-state index is 6.10. The number of H-pyrrole nitrogens is 1. The minimum atomic E-state index is 0.369. The van der Waals surface area contributed by atoms with Crippen LogP contribution in [0, 0.1) is 0 Å². The zero-order valence-corrected chi connectivity index (χ0v) is 12.1. The fraction of sp³-hybridized carbons (Fsp3) is 0.462. The quantitative estimate of drug-likeness (QED) is 0.934. The van der Waals surface area contributed by atoms with Crippen molar-refractivity contribution in [1.82, 2.24) is 25.1 Å². The molecule has 2 aromatic rings. The molecule has 106 valence electrons. The lowest BCUT2D eigenvalue weighted by Crippen LogP contribution is -2.47. The van der Waals surface area contributed by atoms with Gasteiger partial charge in [-0.2, -0.15) is 5.10 Å². The van der Waals surface area contributed by atoms with Gasteiger partial charge in [0.2, 0.25) is 0 Å².